The molecule has 0 aromatic rings. The van der Waals surface area contributed by atoms with Crippen molar-refractivity contribution in [3.63, 3.8) is 0 Å². The van der Waals surface area contributed by atoms with Crippen LogP contribution in [0, 0.1) is 0 Å². The van der Waals surface area contributed by atoms with Crippen molar-refractivity contribution in [2.75, 3.05) is 13.1 Å². The fourth-order valence-corrected chi connectivity index (χ4v) is 2.17. The molecule has 18 heavy (non-hydrogen) atoms. The third-order valence-corrected chi connectivity index (χ3v) is 2.99. The largest absolute Gasteiger partial charge is 0.480 e. The molecule has 1 aliphatic rings. The molecule has 1 fully saturated rings. The molecule has 0 aromatic heterocycles. The number of nitrogens with zero attached hydrogens (tertiary/aromatic N) is 2. The van der Waals surface area contributed by atoms with Crippen LogP contribution in [-0.2, 0) is 9.59 Å². The summed E-state index contributed by atoms with van der Waals surface area (Å²) in [4.78, 5) is 27.8. The highest BCUT2D eigenvalue weighted by Gasteiger charge is 2.36. The van der Waals surface area contributed by atoms with Crippen molar-refractivity contribution in [2.45, 2.75) is 30.7 Å². The summed E-state index contributed by atoms with van der Waals surface area (Å²) in [6.07, 6.45) is 0.992. The molecule has 8 heteroatoms. The number of carboxylic acids is 1. The number of guanidine groups is 1. The lowest BCUT2D eigenvalue weighted by molar-refractivity contribution is -0.148. The molecule has 0 bridgehead atoms. The molecule has 1 heterocycles. The van der Waals surface area contributed by atoms with Crippen molar-refractivity contribution < 1.29 is 14.7 Å². The lowest BCUT2D eigenvalue weighted by Crippen LogP contribution is -2.42. The van der Waals surface area contributed by atoms with Crippen molar-refractivity contribution in [1.82, 2.24) is 4.90 Å². The minimum absolute atomic E-state index is 0.0278. The fourth-order valence-electron chi connectivity index (χ4n) is 1.89. The second-order valence-corrected chi connectivity index (χ2v) is 4.77. The SMILES string of the molecule is NC(N)=NCCCC(C(=O)O)N1CC(Cl)CC1=O. The van der Waals surface area contributed by atoms with Gasteiger partial charge in [-0.15, -0.1) is 11.6 Å². The molecule has 2 unspecified atom stereocenters. The normalized spacial score (nSPS) is 20.8. The standard InChI is InChI=1S/C10H17ClN4O3/c11-6-4-8(16)15(5-6)7(9(17)18)2-1-3-14-10(12)13/h6-7H,1-5H2,(H,17,18)(H4,12,13,14). The first-order valence-corrected chi connectivity index (χ1v) is 6.07. The molecule has 5 N–H and O–H groups in total. The number of carbonyl (C=O) groups is 2. The zero-order valence-corrected chi connectivity index (χ0v) is 10.6. The number of rotatable bonds is 6. The van der Waals surface area contributed by atoms with Crippen LogP contribution in [0.2, 0.25) is 0 Å². The van der Waals surface area contributed by atoms with Gasteiger partial charge in [0.25, 0.3) is 0 Å². The molecule has 1 saturated heterocycles. The number of likely N-dealkylation sites (tertiary alicyclic amines) is 1. The average molecular weight is 277 g/mol. The monoisotopic (exact) mass is 276 g/mol. The van der Waals surface area contributed by atoms with Crippen molar-refractivity contribution in [3.05, 3.63) is 0 Å². The minimum atomic E-state index is -1.03. The van der Waals surface area contributed by atoms with Crippen LogP contribution in [-0.4, -0.2) is 52.4 Å². The van der Waals surface area contributed by atoms with E-state index in [-0.39, 0.29) is 30.2 Å². The number of carbonyl (C=O) groups excluding carboxylic acids is 1. The van der Waals surface area contributed by atoms with Crippen molar-refractivity contribution in [1.29, 1.82) is 0 Å². The van der Waals surface area contributed by atoms with Gasteiger partial charge in [-0.25, -0.2) is 4.79 Å². The van der Waals surface area contributed by atoms with Gasteiger partial charge in [0.15, 0.2) is 5.96 Å². The Kier molecular flexibility index (Phi) is 5.21. The molecule has 0 radical (unpaired) electrons. The molecular weight excluding hydrogens is 260 g/mol. The number of alkyl halides is 1. The summed E-state index contributed by atoms with van der Waals surface area (Å²) in [6, 6.07) is -0.851. The van der Waals surface area contributed by atoms with Gasteiger partial charge in [-0.1, -0.05) is 0 Å². The van der Waals surface area contributed by atoms with Gasteiger partial charge in [0.1, 0.15) is 6.04 Å². The zero-order chi connectivity index (χ0) is 13.7. The molecule has 0 aromatic carbocycles. The Bertz CT molecular complexity index is 357. The third kappa shape index (κ3) is 4.06. The number of aliphatic imine (C=N–C) groups is 1. The first-order chi connectivity index (χ1) is 8.41. The Balaban J connectivity index is 2.53. The van der Waals surface area contributed by atoms with Crippen LogP contribution < -0.4 is 11.5 Å². The molecule has 102 valence electrons. The van der Waals surface area contributed by atoms with E-state index >= 15 is 0 Å². The summed E-state index contributed by atoms with van der Waals surface area (Å²) in [7, 11) is 0. The van der Waals surface area contributed by atoms with Crippen LogP contribution in [0.1, 0.15) is 19.3 Å². The Hall–Kier alpha value is -1.50. The van der Waals surface area contributed by atoms with E-state index in [0.29, 0.717) is 19.4 Å². The number of amides is 1. The van der Waals surface area contributed by atoms with Crippen molar-refractivity contribution in [2.24, 2.45) is 16.5 Å². The topological polar surface area (TPSA) is 122 Å². The van der Waals surface area contributed by atoms with E-state index in [0.717, 1.165) is 0 Å². The maximum Gasteiger partial charge on any atom is 0.326 e. The van der Waals surface area contributed by atoms with Gasteiger partial charge in [-0.2, -0.15) is 0 Å². The molecule has 1 rings (SSSR count). The molecule has 0 aliphatic carbocycles. The van der Waals surface area contributed by atoms with Crippen LogP contribution in [0.4, 0.5) is 0 Å². The Labute approximate surface area is 110 Å². The van der Waals surface area contributed by atoms with Crippen LogP contribution in [0.25, 0.3) is 0 Å². The third-order valence-electron chi connectivity index (χ3n) is 2.70. The smallest absolute Gasteiger partial charge is 0.326 e. The summed E-state index contributed by atoms with van der Waals surface area (Å²) in [5.41, 5.74) is 10.3. The molecule has 0 saturated carbocycles. The molecule has 2 atom stereocenters. The number of aliphatic carboxylic acids is 1. The van der Waals surface area contributed by atoms with Crippen LogP contribution >= 0.6 is 11.6 Å². The molecule has 1 amide bonds. The van der Waals surface area contributed by atoms with Gasteiger partial charge in [0.05, 0.1) is 5.38 Å². The van der Waals surface area contributed by atoms with Gasteiger partial charge >= 0.3 is 5.97 Å². The fraction of sp³-hybridized carbons (Fsp3) is 0.700. The highest BCUT2D eigenvalue weighted by atomic mass is 35.5. The van der Waals surface area contributed by atoms with Crippen molar-refractivity contribution in [3.8, 4) is 0 Å². The van der Waals surface area contributed by atoms with E-state index < -0.39 is 12.0 Å². The molecule has 0 spiro atoms. The summed E-state index contributed by atoms with van der Waals surface area (Å²) >= 11 is 5.84. The molecule has 7 nitrogen and oxygen atoms in total. The number of carboxylic acid groups (broad SMARTS) is 1. The lowest BCUT2D eigenvalue weighted by Gasteiger charge is -2.24. The summed E-state index contributed by atoms with van der Waals surface area (Å²) in [6.45, 7) is 0.623. The lowest BCUT2D eigenvalue weighted by atomic mass is 10.1. The van der Waals surface area contributed by atoms with E-state index in [1.165, 1.54) is 4.90 Å². The van der Waals surface area contributed by atoms with Gasteiger partial charge in [0, 0.05) is 19.5 Å². The maximum atomic E-state index is 11.6. The first-order valence-electron chi connectivity index (χ1n) is 5.63. The number of nitrogens with two attached hydrogens (primary N) is 2. The number of hydrogen-bond acceptors (Lipinski definition) is 3. The van der Waals surface area contributed by atoms with Crippen molar-refractivity contribution >= 4 is 29.4 Å². The Morgan fingerprint density at radius 2 is 2.28 bits per heavy atom. The average Bonchev–Trinajstić information content (AvgIpc) is 2.56. The summed E-state index contributed by atoms with van der Waals surface area (Å²) in [5, 5.41) is 8.82. The maximum absolute atomic E-state index is 11.6. The van der Waals surface area contributed by atoms with E-state index in [4.69, 9.17) is 28.2 Å². The molecular formula is C10H17ClN4O3. The Morgan fingerprint density at radius 3 is 2.72 bits per heavy atom. The van der Waals surface area contributed by atoms with E-state index in [1.54, 1.807) is 0 Å². The minimum Gasteiger partial charge on any atom is -0.480 e. The van der Waals surface area contributed by atoms with Gasteiger partial charge < -0.3 is 21.5 Å². The summed E-state index contributed by atoms with van der Waals surface area (Å²) < 4.78 is 0. The Morgan fingerprint density at radius 1 is 1.61 bits per heavy atom. The predicted molar refractivity (Wildman–Crippen MR) is 67.3 cm³/mol. The van der Waals surface area contributed by atoms with Gasteiger partial charge in [-0.3, -0.25) is 9.79 Å². The zero-order valence-electron chi connectivity index (χ0n) is 9.88. The van der Waals surface area contributed by atoms with E-state index in [1.807, 2.05) is 0 Å². The van der Waals surface area contributed by atoms with Crippen LogP contribution in [0.15, 0.2) is 4.99 Å². The number of halogens is 1. The van der Waals surface area contributed by atoms with Crippen LogP contribution in [0.3, 0.4) is 0 Å². The quantitative estimate of drug-likeness (QED) is 0.257. The van der Waals surface area contributed by atoms with Crippen LogP contribution in [0.5, 0.6) is 0 Å². The van der Waals surface area contributed by atoms with E-state index in [9.17, 15) is 9.59 Å². The summed E-state index contributed by atoms with van der Waals surface area (Å²) in [5.74, 6) is -1.27. The number of hydrogen-bond donors (Lipinski definition) is 3. The van der Waals surface area contributed by atoms with Gasteiger partial charge in [0.2, 0.25) is 5.91 Å². The molecule has 1 aliphatic heterocycles. The second kappa shape index (κ2) is 6.44. The first kappa shape index (κ1) is 14.6. The second-order valence-electron chi connectivity index (χ2n) is 4.15. The van der Waals surface area contributed by atoms with E-state index in [2.05, 4.69) is 4.99 Å². The van der Waals surface area contributed by atoms with Gasteiger partial charge in [-0.05, 0) is 12.8 Å². The predicted octanol–water partition coefficient (Wildman–Crippen LogP) is -0.667. The highest BCUT2D eigenvalue weighted by Crippen LogP contribution is 2.21. The highest BCUT2D eigenvalue weighted by molar-refractivity contribution is 6.22.